The number of aliphatic hydroxyl groups is 1. The highest BCUT2D eigenvalue weighted by Crippen LogP contribution is 2.20. The highest BCUT2D eigenvalue weighted by molar-refractivity contribution is 14.0. The van der Waals surface area contributed by atoms with Crippen LogP contribution in [0, 0.1) is 0 Å². The van der Waals surface area contributed by atoms with E-state index in [1.807, 2.05) is 6.92 Å². The van der Waals surface area contributed by atoms with Crippen LogP contribution in [-0.4, -0.2) is 30.8 Å². The molecule has 4 N–H and O–H groups in total. The number of ether oxygens (including phenoxy) is 1. The quantitative estimate of drug-likeness (QED) is 0.270. The van der Waals surface area contributed by atoms with Crippen molar-refractivity contribution >= 4 is 29.9 Å². The Morgan fingerprint density at radius 3 is 2.77 bits per heavy atom. The standard InChI is InChI=1S/C14H19F2N3O2.HI/c1-9(2)7-18-14(17)19-8-12(20)10-4-3-5-11(6-10)21-13(15)16;/h3-6,12-13,20H,1,7-8H2,2H3,(H3,17,18,19);1H. The zero-order valence-corrected chi connectivity index (χ0v) is 14.5. The van der Waals surface area contributed by atoms with Crippen molar-refractivity contribution in [1.29, 1.82) is 0 Å². The molecular formula is C14H20F2IN3O2. The Balaban J connectivity index is 0.00000441. The fourth-order valence-electron chi connectivity index (χ4n) is 1.49. The number of hydrogen-bond acceptors (Lipinski definition) is 3. The largest absolute Gasteiger partial charge is 0.435 e. The van der Waals surface area contributed by atoms with Crippen LogP contribution in [0.3, 0.4) is 0 Å². The molecule has 0 heterocycles. The molecule has 8 heteroatoms. The fraction of sp³-hybridized carbons (Fsp3) is 0.357. The van der Waals surface area contributed by atoms with Crippen LogP contribution in [0.5, 0.6) is 5.75 Å². The third kappa shape index (κ3) is 8.13. The van der Waals surface area contributed by atoms with Gasteiger partial charge in [0, 0.05) is 6.54 Å². The van der Waals surface area contributed by atoms with Gasteiger partial charge < -0.3 is 20.9 Å². The third-order valence-corrected chi connectivity index (χ3v) is 2.47. The Morgan fingerprint density at radius 2 is 2.18 bits per heavy atom. The number of rotatable bonds is 7. The van der Waals surface area contributed by atoms with Gasteiger partial charge in [0.05, 0.1) is 12.6 Å². The van der Waals surface area contributed by atoms with Crippen LogP contribution in [0.2, 0.25) is 0 Å². The van der Waals surface area contributed by atoms with Gasteiger partial charge in [-0.15, -0.1) is 24.0 Å². The van der Waals surface area contributed by atoms with Crippen molar-refractivity contribution in [2.24, 2.45) is 10.7 Å². The third-order valence-electron chi connectivity index (χ3n) is 2.47. The predicted molar refractivity (Wildman–Crippen MR) is 92.8 cm³/mol. The second-order valence-electron chi connectivity index (χ2n) is 4.50. The second-order valence-corrected chi connectivity index (χ2v) is 4.50. The number of nitrogens with one attached hydrogen (secondary N) is 1. The van der Waals surface area contributed by atoms with Crippen LogP contribution in [0.15, 0.2) is 41.4 Å². The smallest absolute Gasteiger partial charge is 0.387 e. The van der Waals surface area contributed by atoms with Crippen molar-refractivity contribution < 1.29 is 18.6 Å². The number of alkyl halides is 2. The molecule has 0 radical (unpaired) electrons. The minimum absolute atomic E-state index is 0. The maximum absolute atomic E-state index is 12.1. The van der Waals surface area contributed by atoms with E-state index in [2.05, 4.69) is 21.6 Å². The van der Waals surface area contributed by atoms with Crippen molar-refractivity contribution in [2.75, 3.05) is 13.1 Å². The van der Waals surface area contributed by atoms with Gasteiger partial charge in [0.1, 0.15) is 5.75 Å². The minimum Gasteiger partial charge on any atom is -0.435 e. The highest BCUT2D eigenvalue weighted by atomic mass is 127. The van der Waals surface area contributed by atoms with E-state index in [0.29, 0.717) is 12.1 Å². The van der Waals surface area contributed by atoms with Crippen molar-refractivity contribution in [2.45, 2.75) is 19.6 Å². The Kier molecular flexibility index (Phi) is 9.66. The first-order valence-electron chi connectivity index (χ1n) is 6.29. The van der Waals surface area contributed by atoms with Gasteiger partial charge >= 0.3 is 6.61 Å². The minimum atomic E-state index is -2.91. The summed E-state index contributed by atoms with van der Waals surface area (Å²) in [7, 11) is 0. The molecular weight excluding hydrogens is 407 g/mol. The first kappa shape index (κ1) is 20.6. The Bertz CT molecular complexity index is 513. The summed E-state index contributed by atoms with van der Waals surface area (Å²) in [4.78, 5) is 3.97. The molecule has 1 aromatic rings. The molecule has 0 fully saturated rings. The Labute approximate surface area is 145 Å². The van der Waals surface area contributed by atoms with Crippen LogP contribution < -0.4 is 15.8 Å². The van der Waals surface area contributed by atoms with Gasteiger partial charge in [-0.2, -0.15) is 8.78 Å². The second kappa shape index (κ2) is 10.3. The van der Waals surface area contributed by atoms with E-state index in [-0.39, 0.29) is 42.2 Å². The molecule has 22 heavy (non-hydrogen) atoms. The predicted octanol–water partition coefficient (Wildman–Crippen LogP) is 2.42. The van der Waals surface area contributed by atoms with E-state index in [1.54, 1.807) is 6.07 Å². The van der Waals surface area contributed by atoms with Crippen LogP contribution in [0.1, 0.15) is 18.6 Å². The summed E-state index contributed by atoms with van der Waals surface area (Å²) in [6.45, 7) is 3.13. The number of halogens is 3. The molecule has 0 spiro atoms. The van der Waals surface area contributed by atoms with Crippen molar-refractivity contribution in [3.8, 4) is 5.75 Å². The van der Waals surface area contributed by atoms with Gasteiger partial charge in [-0.05, 0) is 24.6 Å². The molecule has 0 aliphatic heterocycles. The maximum Gasteiger partial charge on any atom is 0.387 e. The van der Waals surface area contributed by atoms with Crippen molar-refractivity contribution in [3.63, 3.8) is 0 Å². The van der Waals surface area contributed by atoms with Crippen LogP contribution in [-0.2, 0) is 0 Å². The zero-order valence-electron chi connectivity index (χ0n) is 12.1. The highest BCUT2D eigenvalue weighted by Gasteiger charge is 2.10. The normalized spacial score (nSPS) is 12.5. The molecule has 1 rings (SSSR count). The molecule has 0 saturated carbocycles. The Morgan fingerprint density at radius 1 is 1.50 bits per heavy atom. The first-order valence-corrected chi connectivity index (χ1v) is 6.29. The molecule has 1 unspecified atom stereocenters. The number of hydrogen-bond donors (Lipinski definition) is 3. The molecule has 0 aliphatic rings. The molecule has 0 bridgehead atoms. The van der Waals surface area contributed by atoms with Crippen LogP contribution in [0.4, 0.5) is 8.78 Å². The Hall–Kier alpha value is -1.42. The first-order chi connectivity index (χ1) is 9.88. The van der Waals surface area contributed by atoms with Crippen LogP contribution >= 0.6 is 24.0 Å². The average Bonchev–Trinajstić information content (AvgIpc) is 2.42. The zero-order chi connectivity index (χ0) is 15.8. The van der Waals surface area contributed by atoms with E-state index < -0.39 is 12.7 Å². The fourth-order valence-corrected chi connectivity index (χ4v) is 1.49. The molecule has 0 amide bonds. The number of aliphatic imine (C=N–C) groups is 1. The number of aliphatic hydroxyl groups excluding tert-OH is 1. The lowest BCUT2D eigenvalue weighted by Gasteiger charge is -2.11. The molecule has 0 saturated heterocycles. The monoisotopic (exact) mass is 427 g/mol. The summed E-state index contributed by atoms with van der Waals surface area (Å²) in [5, 5.41) is 12.8. The summed E-state index contributed by atoms with van der Waals surface area (Å²) in [6.07, 6.45) is -0.962. The van der Waals surface area contributed by atoms with E-state index in [1.165, 1.54) is 18.2 Å². The van der Waals surface area contributed by atoms with E-state index in [9.17, 15) is 13.9 Å². The molecule has 0 aliphatic carbocycles. The van der Waals surface area contributed by atoms with Gasteiger partial charge in [0.2, 0.25) is 0 Å². The number of nitrogens with two attached hydrogens (primary N) is 1. The summed E-state index contributed by atoms with van der Waals surface area (Å²) in [5.41, 5.74) is 6.92. The number of guanidine groups is 1. The van der Waals surface area contributed by atoms with Gasteiger partial charge in [-0.25, -0.2) is 0 Å². The lowest BCUT2D eigenvalue weighted by Crippen LogP contribution is -2.33. The lowest BCUT2D eigenvalue weighted by molar-refractivity contribution is -0.0499. The van der Waals surface area contributed by atoms with Crippen molar-refractivity contribution in [1.82, 2.24) is 5.32 Å². The SMILES string of the molecule is C=C(C)CNC(N)=NCC(O)c1cccc(OC(F)F)c1.I. The topological polar surface area (TPSA) is 79.9 Å². The van der Waals surface area contributed by atoms with Gasteiger partial charge in [-0.1, -0.05) is 24.3 Å². The van der Waals surface area contributed by atoms with Crippen LogP contribution in [0.25, 0.3) is 0 Å². The number of nitrogens with zero attached hydrogens (tertiary/aromatic N) is 1. The molecule has 1 aromatic carbocycles. The molecule has 124 valence electrons. The summed E-state index contributed by atoms with van der Waals surface area (Å²) < 4.78 is 28.5. The van der Waals surface area contributed by atoms with Gasteiger partial charge in [0.25, 0.3) is 0 Å². The summed E-state index contributed by atoms with van der Waals surface area (Å²) >= 11 is 0. The maximum atomic E-state index is 12.1. The van der Waals surface area contributed by atoms with Gasteiger partial charge in [-0.3, -0.25) is 4.99 Å². The van der Waals surface area contributed by atoms with E-state index in [0.717, 1.165) is 5.57 Å². The lowest BCUT2D eigenvalue weighted by atomic mass is 10.1. The number of benzene rings is 1. The molecule has 0 aromatic heterocycles. The van der Waals surface area contributed by atoms with E-state index in [4.69, 9.17) is 5.73 Å². The summed E-state index contributed by atoms with van der Waals surface area (Å²) in [5.74, 6) is 0.163. The summed E-state index contributed by atoms with van der Waals surface area (Å²) in [6, 6.07) is 5.83. The molecule has 1 atom stereocenters. The van der Waals surface area contributed by atoms with E-state index >= 15 is 0 Å². The van der Waals surface area contributed by atoms with Gasteiger partial charge in [0.15, 0.2) is 5.96 Å². The van der Waals surface area contributed by atoms with Crippen molar-refractivity contribution in [3.05, 3.63) is 42.0 Å². The molecule has 5 nitrogen and oxygen atoms in total. The average molecular weight is 427 g/mol.